The highest BCUT2D eigenvalue weighted by atomic mass is 32.2. The van der Waals surface area contributed by atoms with Gasteiger partial charge < -0.3 is 14.0 Å². The highest BCUT2D eigenvalue weighted by molar-refractivity contribution is 7.99. The molecule has 7 heteroatoms. The summed E-state index contributed by atoms with van der Waals surface area (Å²) in [5, 5.41) is 0. The first-order valence-corrected chi connectivity index (χ1v) is 8.45. The molecule has 0 saturated carbocycles. The maximum atomic E-state index is 5.98. The van der Waals surface area contributed by atoms with E-state index in [0.717, 1.165) is 23.4 Å². The lowest BCUT2D eigenvalue weighted by Gasteiger charge is -2.32. The Labute approximate surface area is 130 Å². The fraction of sp³-hybridized carbons (Fsp3) is 0.714. The first-order valence-electron chi connectivity index (χ1n) is 7.29. The van der Waals surface area contributed by atoms with Gasteiger partial charge in [-0.05, 0) is 39.9 Å². The second-order valence-corrected chi connectivity index (χ2v) is 7.64. The van der Waals surface area contributed by atoms with Crippen molar-refractivity contribution in [2.45, 2.75) is 51.4 Å². The molecule has 0 amide bonds. The monoisotopic (exact) mass is 308 g/mol. The van der Waals surface area contributed by atoms with E-state index in [0.29, 0.717) is 6.01 Å². The Morgan fingerprint density at radius 3 is 2.33 bits per heavy atom. The third-order valence-electron chi connectivity index (χ3n) is 4.33. The molecule has 0 N–H and O–H groups in total. The summed E-state index contributed by atoms with van der Waals surface area (Å²) in [6.45, 7) is 8.12. The summed E-state index contributed by atoms with van der Waals surface area (Å²) in [5.41, 5.74) is 0.115. The van der Waals surface area contributed by atoms with Gasteiger partial charge in [-0.25, -0.2) is 9.97 Å². The van der Waals surface area contributed by atoms with Gasteiger partial charge in [0.15, 0.2) is 0 Å². The van der Waals surface area contributed by atoms with E-state index in [-0.39, 0.29) is 17.3 Å². The van der Waals surface area contributed by atoms with Gasteiger partial charge in [0.05, 0.1) is 11.2 Å². The normalized spacial score (nSPS) is 27.0. The molecule has 0 radical (unpaired) electrons. The second-order valence-electron chi connectivity index (χ2n) is 6.49. The Bertz CT molecular complexity index is 487. The zero-order valence-electron chi connectivity index (χ0n) is 13.0. The highest BCUT2D eigenvalue weighted by Crippen LogP contribution is 2.36. The Kier molecular flexibility index (Phi) is 3.92. The molecule has 114 valence electrons. The van der Waals surface area contributed by atoms with Gasteiger partial charge in [-0.1, -0.05) is 0 Å². The minimum absolute atomic E-state index is 0.234. The standard InChI is InChI=1S/C14H21BN2O3S/c1-13(2)14(3,4)20-15(19-13)10-7-16-12(17-8-10)18-11-5-6-21-9-11/h7-8,11H,5-6,9H2,1-4H3/t11-/m0/s1. The molecule has 1 atom stereocenters. The average Bonchev–Trinajstić information content (AvgIpc) is 2.97. The minimum Gasteiger partial charge on any atom is -0.459 e. The van der Waals surface area contributed by atoms with Crippen LogP contribution in [0.4, 0.5) is 0 Å². The van der Waals surface area contributed by atoms with Crippen LogP contribution in [0.1, 0.15) is 34.1 Å². The predicted molar refractivity (Wildman–Crippen MR) is 84.1 cm³/mol. The van der Waals surface area contributed by atoms with Crippen LogP contribution in [0.2, 0.25) is 0 Å². The summed E-state index contributed by atoms with van der Waals surface area (Å²) in [4.78, 5) is 8.56. The third-order valence-corrected chi connectivity index (χ3v) is 5.47. The van der Waals surface area contributed by atoms with Crippen molar-refractivity contribution >= 4 is 24.3 Å². The molecule has 0 unspecified atom stereocenters. The third kappa shape index (κ3) is 3.05. The molecule has 21 heavy (non-hydrogen) atoms. The number of hydrogen-bond acceptors (Lipinski definition) is 6. The van der Waals surface area contributed by atoms with Crippen molar-refractivity contribution in [3.63, 3.8) is 0 Å². The molecule has 3 heterocycles. The van der Waals surface area contributed by atoms with Crippen LogP contribution in [0.15, 0.2) is 12.4 Å². The van der Waals surface area contributed by atoms with Crippen molar-refractivity contribution in [1.82, 2.24) is 9.97 Å². The van der Waals surface area contributed by atoms with E-state index >= 15 is 0 Å². The smallest absolute Gasteiger partial charge is 0.459 e. The predicted octanol–water partition coefficient (Wildman–Crippen LogP) is 1.66. The molecule has 0 spiro atoms. The molecule has 0 bridgehead atoms. The maximum absolute atomic E-state index is 5.98. The topological polar surface area (TPSA) is 53.5 Å². The van der Waals surface area contributed by atoms with Crippen molar-refractivity contribution in [3.05, 3.63) is 12.4 Å². The van der Waals surface area contributed by atoms with Crippen LogP contribution < -0.4 is 10.2 Å². The fourth-order valence-electron chi connectivity index (χ4n) is 2.24. The summed E-state index contributed by atoms with van der Waals surface area (Å²) in [6, 6.07) is 0.433. The number of hydrogen-bond donors (Lipinski definition) is 0. The van der Waals surface area contributed by atoms with Gasteiger partial charge in [-0.3, -0.25) is 0 Å². The van der Waals surface area contributed by atoms with Crippen molar-refractivity contribution in [3.8, 4) is 6.01 Å². The van der Waals surface area contributed by atoms with Gasteiger partial charge in [0, 0.05) is 23.6 Å². The molecular weight excluding hydrogens is 287 g/mol. The fourth-order valence-corrected chi connectivity index (χ4v) is 3.34. The number of thioether (sulfide) groups is 1. The van der Waals surface area contributed by atoms with E-state index in [1.54, 1.807) is 12.4 Å². The lowest BCUT2D eigenvalue weighted by molar-refractivity contribution is 0.00578. The summed E-state index contributed by atoms with van der Waals surface area (Å²) in [7, 11) is -0.425. The largest absolute Gasteiger partial charge is 0.498 e. The Hall–Kier alpha value is -0.785. The van der Waals surface area contributed by atoms with Gasteiger partial charge in [-0.15, -0.1) is 0 Å². The Morgan fingerprint density at radius 2 is 1.81 bits per heavy atom. The second kappa shape index (κ2) is 5.45. The Balaban J connectivity index is 1.67. The van der Waals surface area contributed by atoms with Crippen LogP contribution in [-0.4, -0.2) is 45.9 Å². The first-order chi connectivity index (χ1) is 9.87. The van der Waals surface area contributed by atoms with Crippen molar-refractivity contribution in [2.75, 3.05) is 11.5 Å². The zero-order chi connectivity index (χ0) is 15.1. The van der Waals surface area contributed by atoms with Crippen molar-refractivity contribution in [1.29, 1.82) is 0 Å². The molecule has 2 fully saturated rings. The quantitative estimate of drug-likeness (QED) is 0.792. The molecule has 5 nitrogen and oxygen atoms in total. The van der Waals surface area contributed by atoms with E-state index < -0.39 is 7.12 Å². The first kappa shape index (κ1) is 15.1. The molecule has 2 aliphatic heterocycles. The van der Waals surface area contributed by atoms with Crippen molar-refractivity contribution in [2.24, 2.45) is 0 Å². The van der Waals surface area contributed by atoms with Gasteiger partial charge >= 0.3 is 13.1 Å². The van der Waals surface area contributed by atoms with Gasteiger partial charge in [0.1, 0.15) is 6.10 Å². The van der Waals surface area contributed by atoms with E-state index in [1.807, 2.05) is 39.5 Å². The molecule has 2 aliphatic rings. The zero-order valence-corrected chi connectivity index (χ0v) is 13.8. The van der Waals surface area contributed by atoms with Crippen molar-refractivity contribution < 1.29 is 14.0 Å². The van der Waals surface area contributed by atoms with E-state index in [1.165, 1.54) is 0 Å². The lowest BCUT2D eigenvalue weighted by Crippen LogP contribution is -2.41. The molecule has 2 saturated heterocycles. The highest BCUT2D eigenvalue weighted by Gasteiger charge is 2.51. The van der Waals surface area contributed by atoms with Crippen LogP contribution in [0, 0.1) is 0 Å². The molecular formula is C14H21BN2O3S. The summed E-state index contributed by atoms with van der Waals surface area (Å²) in [5.74, 6) is 2.17. The Morgan fingerprint density at radius 1 is 1.19 bits per heavy atom. The lowest BCUT2D eigenvalue weighted by atomic mass is 9.81. The molecule has 3 rings (SSSR count). The maximum Gasteiger partial charge on any atom is 0.498 e. The summed E-state index contributed by atoms with van der Waals surface area (Å²) < 4.78 is 17.7. The average molecular weight is 308 g/mol. The SMILES string of the molecule is CC1(C)OB(c2cnc(O[C@H]3CCSC3)nc2)OC1(C)C. The molecule has 0 aliphatic carbocycles. The number of nitrogens with zero attached hydrogens (tertiary/aromatic N) is 2. The van der Waals surface area contributed by atoms with Gasteiger partial charge in [0.25, 0.3) is 0 Å². The van der Waals surface area contributed by atoms with E-state index in [9.17, 15) is 0 Å². The number of rotatable bonds is 3. The van der Waals surface area contributed by atoms with Crippen LogP contribution >= 0.6 is 11.8 Å². The van der Waals surface area contributed by atoms with Crippen LogP contribution in [0.3, 0.4) is 0 Å². The molecule has 1 aromatic heterocycles. The minimum atomic E-state index is -0.425. The summed E-state index contributed by atoms with van der Waals surface area (Å²) >= 11 is 1.90. The van der Waals surface area contributed by atoms with Gasteiger partial charge in [0.2, 0.25) is 0 Å². The van der Waals surface area contributed by atoms with Crippen LogP contribution in [-0.2, 0) is 9.31 Å². The van der Waals surface area contributed by atoms with Crippen LogP contribution in [0.5, 0.6) is 6.01 Å². The summed E-state index contributed by atoms with van der Waals surface area (Å²) in [6.07, 6.45) is 4.75. The van der Waals surface area contributed by atoms with Gasteiger partial charge in [-0.2, -0.15) is 11.8 Å². The number of aromatic nitrogens is 2. The molecule has 0 aromatic carbocycles. The van der Waals surface area contributed by atoms with E-state index in [2.05, 4.69) is 9.97 Å². The number of ether oxygens (including phenoxy) is 1. The van der Waals surface area contributed by atoms with Crippen LogP contribution in [0.25, 0.3) is 0 Å². The van der Waals surface area contributed by atoms with E-state index in [4.69, 9.17) is 14.0 Å². The molecule has 1 aromatic rings.